The van der Waals surface area contributed by atoms with Gasteiger partial charge in [0, 0.05) is 57.3 Å². The van der Waals surface area contributed by atoms with E-state index in [1.807, 2.05) is 13.1 Å². The Morgan fingerprint density at radius 2 is 2.03 bits per heavy atom. The van der Waals surface area contributed by atoms with E-state index in [-0.39, 0.29) is 32.1 Å². The summed E-state index contributed by atoms with van der Waals surface area (Å²) in [6.07, 6.45) is 0.635. The number of pyridine rings is 1. The molecule has 2 atom stereocenters. The van der Waals surface area contributed by atoms with Crippen LogP contribution in [-0.2, 0) is 9.53 Å². The summed E-state index contributed by atoms with van der Waals surface area (Å²) in [6, 6.07) is 10.3. The van der Waals surface area contributed by atoms with Gasteiger partial charge in [-0.15, -0.1) is 0 Å². The normalized spacial score (nSPS) is 22.1. The largest absolute Gasteiger partial charge is 0.475 e. The molecule has 2 aromatic rings. The van der Waals surface area contributed by atoms with Crippen molar-refractivity contribution in [3.05, 3.63) is 35.9 Å². The summed E-state index contributed by atoms with van der Waals surface area (Å²) in [5.74, 6) is -1.57. The van der Waals surface area contributed by atoms with Gasteiger partial charge in [0.1, 0.15) is 12.4 Å². The fourth-order valence-electron chi connectivity index (χ4n) is 4.93. The molecule has 0 spiro atoms. The molecule has 2 saturated heterocycles. The molecule has 1 saturated carbocycles. The predicted molar refractivity (Wildman–Crippen MR) is 134 cm³/mol. The Balaban J connectivity index is 0.000000229. The Labute approximate surface area is 210 Å². The number of amides is 1. The van der Waals surface area contributed by atoms with Gasteiger partial charge in [0.05, 0.1) is 19.8 Å². The molecule has 5 rings (SSSR count). The molecule has 3 heterocycles. The van der Waals surface area contributed by atoms with Crippen molar-refractivity contribution in [2.24, 2.45) is 11.8 Å². The van der Waals surface area contributed by atoms with Crippen LogP contribution >= 0.6 is 0 Å². The second kappa shape index (κ2) is 11.4. The van der Waals surface area contributed by atoms with Crippen molar-refractivity contribution in [1.29, 1.82) is 0 Å². The van der Waals surface area contributed by atoms with Crippen molar-refractivity contribution in [3.63, 3.8) is 0 Å². The van der Waals surface area contributed by atoms with Gasteiger partial charge < -0.3 is 29.7 Å². The number of hydrogen-bond acceptors (Lipinski definition) is 7. The van der Waals surface area contributed by atoms with Crippen molar-refractivity contribution < 1.29 is 28.2 Å². The van der Waals surface area contributed by atoms with Crippen LogP contribution in [0.5, 0.6) is 5.88 Å². The minimum Gasteiger partial charge on any atom is -0.475 e. The highest BCUT2D eigenvalue weighted by molar-refractivity contribution is 5.74. The zero-order valence-corrected chi connectivity index (χ0v) is 20.8. The molecule has 8 nitrogen and oxygen atoms in total. The van der Waals surface area contributed by atoms with Crippen LogP contribution in [0, 0.1) is 18.8 Å². The maximum atomic E-state index is 12.7. The number of aromatic nitrogens is 1. The first-order valence-electron chi connectivity index (χ1n) is 12.3. The van der Waals surface area contributed by atoms with Crippen LogP contribution in [0.2, 0.25) is 0 Å². The number of carbonyl (C=O) groups is 1. The third kappa shape index (κ3) is 5.87. The Hall–Kier alpha value is -2.98. The number of rotatable bonds is 7. The molecular weight excluding hydrogens is 470 g/mol. The SMILES string of the molecule is CNc1ccc(C)c(-c2cc(OCCO)nc(N3CCOCC3)c2)c1.O=CN1CC2CC(F)(F)C2C1. The van der Waals surface area contributed by atoms with Crippen LogP contribution in [0.1, 0.15) is 12.0 Å². The number of likely N-dealkylation sites (tertiary alicyclic amines) is 1. The lowest BCUT2D eigenvalue weighted by Gasteiger charge is -2.38. The number of alkyl halides is 2. The molecule has 196 valence electrons. The molecule has 0 radical (unpaired) electrons. The lowest BCUT2D eigenvalue weighted by atomic mass is 9.72. The average molecular weight is 505 g/mol. The average Bonchev–Trinajstić information content (AvgIpc) is 3.27. The van der Waals surface area contributed by atoms with E-state index < -0.39 is 11.8 Å². The molecule has 3 aliphatic rings. The lowest BCUT2D eigenvalue weighted by Crippen LogP contribution is -2.46. The molecule has 1 aromatic carbocycles. The minimum atomic E-state index is -2.50. The number of aliphatic hydroxyl groups excluding tert-OH is 1. The van der Waals surface area contributed by atoms with Crippen molar-refractivity contribution >= 4 is 17.9 Å². The van der Waals surface area contributed by atoms with E-state index in [2.05, 4.69) is 46.4 Å². The Kier molecular flexibility index (Phi) is 8.25. The maximum Gasteiger partial charge on any atom is 0.253 e. The standard InChI is InChI=1S/C19H25N3O3.C7H9F2NO/c1-14-3-4-16(20-2)13-17(14)15-11-18(22-5-8-24-9-6-22)21-19(12-15)25-10-7-23;8-7(9)1-5-2-10(4-11)3-6(5)7/h3-4,11-13,20,23H,5-10H2,1-2H3;4-6H,1-3H2. The molecule has 1 amide bonds. The third-order valence-corrected chi connectivity index (χ3v) is 7.00. The molecule has 10 heteroatoms. The van der Waals surface area contributed by atoms with Gasteiger partial charge in [-0.1, -0.05) is 6.07 Å². The molecule has 36 heavy (non-hydrogen) atoms. The minimum absolute atomic E-state index is 0.0258. The van der Waals surface area contributed by atoms with Crippen LogP contribution in [0.4, 0.5) is 20.3 Å². The quantitative estimate of drug-likeness (QED) is 0.561. The highest BCUT2D eigenvalue weighted by Gasteiger charge is 2.59. The summed E-state index contributed by atoms with van der Waals surface area (Å²) in [5, 5.41) is 12.2. The number of aryl methyl sites for hydroxylation is 1. The lowest BCUT2D eigenvalue weighted by molar-refractivity contribution is -0.152. The number of benzene rings is 1. The zero-order valence-electron chi connectivity index (χ0n) is 20.8. The smallest absolute Gasteiger partial charge is 0.253 e. The Morgan fingerprint density at radius 3 is 2.67 bits per heavy atom. The topological polar surface area (TPSA) is 87.2 Å². The van der Waals surface area contributed by atoms with Crippen LogP contribution in [-0.4, -0.2) is 87.0 Å². The number of ether oxygens (including phenoxy) is 2. The summed E-state index contributed by atoms with van der Waals surface area (Å²) in [7, 11) is 1.91. The second-order valence-corrected chi connectivity index (χ2v) is 9.39. The van der Waals surface area contributed by atoms with Gasteiger partial charge in [-0.2, -0.15) is 4.98 Å². The van der Waals surface area contributed by atoms with E-state index in [9.17, 15) is 13.6 Å². The van der Waals surface area contributed by atoms with Gasteiger partial charge in [-0.05, 0) is 47.7 Å². The number of fused-ring (bicyclic) bond motifs is 1. The highest BCUT2D eigenvalue weighted by atomic mass is 19.3. The molecular formula is C26H34F2N4O4. The fraction of sp³-hybridized carbons (Fsp3) is 0.538. The molecule has 0 bridgehead atoms. The number of carbonyl (C=O) groups excluding carboxylic acids is 1. The van der Waals surface area contributed by atoms with Crippen LogP contribution < -0.4 is 15.0 Å². The van der Waals surface area contributed by atoms with Gasteiger partial charge in [-0.3, -0.25) is 4.79 Å². The second-order valence-electron chi connectivity index (χ2n) is 9.39. The van der Waals surface area contributed by atoms with Gasteiger partial charge in [-0.25, -0.2) is 8.78 Å². The van der Waals surface area contributed by atoms with Gasteiger partial charge in [0.2, 0.25) is 12.3 Å². The fourth-order valence-corrected chi connectivity index (χ4v) is 4.93. The number of anilines is 2. The van der Waals surface area contributed by atoms with Crippen molar-refractivity contribution in [2.45, 2.75) is 19.3 Å². The highest BCUT2D eigenvalue weighted by Crippen LogP contribution is 2.51. The van der Waals surface area contributed by atoms with Gasteiger partial charge in [0.15, 0.2) is 0 Å². The molecule has 1 aliphatic carbocycles. The first kappa shape index (κ1) is 26.1. The van der Waals surface area contributed by atoms with Gasteiger partial charge in [0.25, 0.3) is 5.92 Å². The van der Waals surface area contributed by atoms with E-state index in [0.29, 0.717) is 32.0 Å². The van der Waals surface area contributed by atoms with E-state index in [1.54, 1.807) is 0 Å². The van der Waals surface area contributed by atoms with E-state index >= 15 is 0 Å². The number of nitrogens with one attached hydrogen (secondary N) is 1. The summed E-state index contributed by atoms with van der Waals surface area (Å²) >= 11 is 0. The van der Waals surface area contributed by atoms with Crippen molar-refractivity contribution in [2.75, 3.05) is 69.9 Å². The van der Waals surface area contributed by atoms with E-state index in [0.717, 1.165) is 35.7 Å². The molecule has 2 N–H and O–H groups in total. The van der Waals surface area contributed by atoms with Crippen molar-refractivity contribution in [3.8, 4) is 17.0 Å². The number of halogens is 2. The number of nitrogens with zero attached hydrogens (tertiary/aromatic N) is 3. The Morgan fingerprint density at radius 1 is 1.25 bits per heavy atom. The predicted octanol–water partition coefficient (Wildman–Crippen LogP) is 3.04. The summed E-state index contributed by atoms with van der Waals surface area (Å²) in [6.45, 7) is 6.10. The summed E-state index contributed by atoms with van der Waals surface area (Å²) < 4.78 is 36.4. The summed E-state index contributed by atoms with van der Waals surface area (Å²) in [4.78, 5) is 18.5. The van der Waals surface area contributed by atoms with Crippen LogP contribution in [0.25, 0.3) is 11.1 Å². The van der Waals surface area contributed by atoms with Crippen LogP contribution in [0.3, 0.4) is 0 Å². The maximum absolute atomic E-state index is 12.7. The molecule has 1 aromatic heterocycles. The monoisotopic (exact) mass is 504 g/mol. The Bertz CT molecular complexity index is 1050. The van der Waals surface area contributed by atoms with E-state index in [4.69, 9.17) is 14.6 Å². The number of hydrogen-bond donors (Lipinski definition) is 2. The first-order valence-corrected chi connectivity index (χ1v) is 12.3. The molecule has 2 unspecified atom stereocenters. The first-order chi connectivity index (χ1) is 17.3. The molecule has 3 fully saturated rings. The zero-order chi connectivity index (χ0) is 25.7. The molecule has 2 aliphatic heterocycles. The van der Waals surface area contributed by atoms with Gasteiger partial charge >= 0.3 is 0 Å². The number of morpholine rings is 1. The van der Waals surface area contributed by atoms with E-state index in [1.165, 1.54) is 10.5 Å². The summed E-state index contributed by atoms with van der Waals surface area (Å²) in [5.41, 5.74) is 4.44. The van der Waals surface area contributed by atoms with Crippen LogP contribution in [0.15, 0.2) is 30.3 Å². The number of aliphatic hydroxyl groups is 1. The van der Waals surface area contributed by atoms with Crippen molar-refractivity contribution in [1.82, 2.24) is 9.88 Å². The third-order valence-electron chi connectivity index (χ3n) is 7.00.